The summed E-state index contributed by atoms with van der Waals surface area (Å²) in [5.74, 6) is -1.53. The predicted molar refractivity (Wildman–Crippen MR) is 177 cm³/mol. The van der Waals surface area contributed by atoms with Crippen molar-refractivity contribution in [3.8, 4) is 11.5 Å². The zero-order valence-corrected chi connectivity index (χ0v) is 28.2. The van der Waals surface area contributed by atoms with Crippen molar-refractivity contribution in [1.29, 1.82) is 0 Å². The highest BCUT2D eigenvalue weighted by molar-refractivity contribution is 7.80. The number of aromatic nitrogens is 1. The average Bonchev–Trinajstić information content (AvgIpc) is 3.76. The number of hydrogen-bond acceptors (Lipinski definition) is 8. The zero-order chi connectivity index (χ0) is 34.7. The van der Waals surface area contributed by atoms with E-state index in [-0.39, 0.29) is 45.6 Å². The Bertz CT molecular complexity index is 1920. The van der Waals surface area contributed by atoms with Crippen LogP contribution in [-0.2, 0) is 15.6 Å². The van der Waals surface area contributed by atoms with Gasteiger partial charge in [-0.1, -0.05) is 12.1 Å². The second-order valence-corrected chi connectivity index (χ2v) is 16.8. The summed E-state index contributed by atoms with van der Waals surface area (Å²) in [7, 11) is -8.77. The van der Waals surface area contributed by atoms with Gasteiger partial charge >= 0.3 is 21.2 Å². The van der Waals surface area contributed by atoms with E-state index in [9.17, 15) is 43.4 Å². The molecule has 2 saturated heterocycles. The van der Waals surface area contributed by atoms with Crippen molar-refractivity contribution >= 4 is 55.1 Å². The lowest BCUT2D eigenvalue weighted by atomic mass is 9.92. The van der Waals surface area contributed by atoms with Crippen LogP contribution in [0.15, 0.2) is 41.3 Å². The van der Waals surface area contributed by atoms with Crippen LogP contribution < -0.4 is 19.8 Å². The number of likely N-dealkylation sites (tertiary alicyclic amines) is 1. The smallest absolute Gasteiger partial charge is 0.341 e. The number of ether oxygens (including phenoxy) is 2. The van der Waals surface area contributed by atoms with Gasteiger partial charge in [-0.15, -0.1) is 0 Å². The van der Waals surface area contributed by atoms with Gasteiger partial charge in [-0.05, 0) is 74.0 Å². The van der Waals surface area contributed by atoms with Crippen LogP contribution in [0.2, 0.25) is 0 Å². The molecule has 2 aliphatic heterocycles. The monoisotopic (exact) mass is 725 g/mol. The van der Waals surface area contributed by atoms with E-state index in [1.807, 2.05) is 9.80 Å². The quantitative estimate of drug-likeness (QED) is 0.158. The number of halogens is 1. The second kappa shape index (κ2) is 12.8. The molecule has 2 aromatic carbocycles. The Kier molecular flexibility index (Phi) is 9.22. The van der Waals surface area contributed by atoms with Crippen LogP contribution in [0, 0.1) is 11.7 Å². The average molecular weight is 726 g/mol. The molecule has 5 N–H and O–H groups in total. The molecule has 258 valence electrons. The van der Waals surface area contributed by atoms with E-state index in [1.54, 1.807) is 4.57 Å². The molecule has 6 rings (SSSR count). The fourth-order valence-corrected chi connectivity index (χ4v) is 9.60. The highest BCUT2D eigenvalue weighted by atomic mass is 32.1. The van der Waals surface area contributed by atoms with Crippen LogP contribution in [0.1, 0.15) is 47.6 Å². The summed E-state index contributed by atoms with van der Waals surface area (Å²) < 4.78 is 52.8. The van der Waals surface area contributed by atoms with E-state index in [0.29, 0.717) is 30.9 Å². The van der Waals surface area contributed by atoms with E-state index in [1.165, 1.54) is 37.6 Å². The molecule has 0 radical (unpaired) electrons. The predicted octanol–water partition coefficient (Wildman–Crippen LogP) is 3.67. The van der Waals surface area contributed by atoms with E-state index in [4.69, 9.17) is 21.7 Å². The van der Waals surface area contributed by atoms with Gasteiger partial charge in [0.25, 0.3) is 5.17 Å². The minimum absolute atomic E-state index is 0.0303. The SMILES string of the molecule is COc1c(N2CC3CCCN(C(=S)Oc4ccc(CC(P(=O)(O)O)P(=O)(O)O)cc4)[C@H]3C2)c(F)cc2c(=O)c(C(=O)O)cn(C3CC3)c12. The van der Waals surface area contributed by atoms with Gasteiger partial charge in [-0.3, -0.25) is 13.9 Å². The van der Waals surface area contributed by atoms with Crippen LogP contribution in [0.5, 0.6) is 11.5 Å². The van der Waals surface area contributed by atoms with Gasteiger partial charge < -0.3 is 48.5 Å². The molecule has 18 heteroatoms. The van der Waals surface area contributed by atoms with Crippen LogP contribution >= 0.6 is 27.4 Å². The number of pyridine rings is 1. The Hall–Kier alpha value is -3.36. The molecule has 1 aromatic heterocycles. The Morgan fingerprint density at radius 3 is 2.33 bits per heavy atom. The minimum atomic E-state index is -5.08. The molecule has 2 atom stereocenters. The third-order valence-electron chi connectivity index (χ3n) is 9.23. The fourth-order valence-electron chi connectivity index (χ4n) is 6.81. The minimum Gasteiger partial charge on any atom is -0.492 e. The second-order valence-electron chi connectivity index (χ2n) is 12.4. The number of carboxylic acids is 1. The molecular weight excluding hydrogens is 691 g/mol. The maximum Gasteiger partial charge on any atom is 0.341 e. The van der Waals surface area contributed by atoms with Gasteiger partial charge in [-0.25, -0.2) is 9.18 Å². The van der Waals surface area contributed by atoms with Crippen LogP contribution in [0.4, 0.5) is 10.1 Å². The van der Waals surface area contributed by atoms with Crippen LogP contribution in [0.3, 0.4) is 0 Å². The number of carbonyl (C=O) groups is 1. The summed E-state index contributed by atoms with van der Waals surface area (Å²) in [5.41, 5.74) is -0.387. The van der Waals surface area contributed by atoms with E-state index in [2.05, 4.69) is 0 Å². The van der Waals surface area contributed by atoms with Crippen molar-refractivity contribution in [3.05, 3.63) is 63.7 Å². The van der Waals surface area contributed by atoms with E-state index < -0.39 is 49.8 Å². The number of carboxylic acid groups (broad SMARTS) is 1. The van der Waals surface area contributed by atoms with Crippen molar-refractivity contribution in [1.82, 2.24) is 9.47 Å². The summed E-state index contributed by atoms with van der Waals surface area (Å²) >= 11 is 5.67. The standard InChI is InChI=1S/C30H34FN3O11P2S/c1-44-28-25-20(27(35)21(29(36)37)14-34(25)18-6-7-18)12-22(31)26(28)32-13-17-3-2-10-33(23(17)15-32)30(48)45-19-8-4-16(5-9-19)11-24(46(38,39)40)47(41,42)43/h4-5,8-9,12,14,17-18,23-24H,2-3,6-7,10-11,13,15H2,1H3,(H,36,37)(H2,38,39,40)(H2,41,42,43)/t17?,23-/m0/s1. The van der Waals surface area contributed by atoms with Gasteiger partial charge in [0.2, 0.25) is 5.43 Å². The molecule has 48 heavy (non-hydrogen) atoms. The number of nitrogens with zero attached hydrogens (tertiary/aromatic N) is 3. The number of piperidine rings is 1. The Morgan fingerprint density at radius 2 is 1.75 bits per heavy atom. The maximum absolute atomic E-state index is 16.0. The number of hydrogen-bond donors (Lipinski definition) is 5. The summed E-state index contributed by atoms with van der Waals surface area (Å²) in [5, 5.41) is 7.57. The highest BCUT2D eigenvalue weighted by Gasteiger charge is 2.44. The van der Waals surface area contributed by atoms with Crippen molar-refractivity contribution < 1.29 is 52.5 Å². The molecule has 1 unspecified atom stereocenters. The van der Waals surface area contributed by atoms with E-state index in [0.717, 1.165) is 31.7 Å². The summed E-state index contributed by atoms with van der Waals surface area (Å²) in [4.78, 5) is 66.4. The number of anilines is 1. The number of rotatable bonds is 9. The lowest BCUT2D eigenvalue weighted by molar-refractivity contribution is 0.0694. The molecule has 1 saturated carbocycles. The molecule has 14 nitrogen and oxygen atoms in total. The molecule has 0 amide bonds. The van der Waals surface area contributed by atoms with Gasteiger partial charge in [0, 0.05) is 31.9 Å². The Balaban J connectivity index is 1.24. The van der Waals surface area contributed by atoms with Crippen LogP contribution in [0.25, 0.3) is 10.9 Å². The van der Waals surface area contributed by atoms with Gasteiger partial charge in [0.15, 0.2) is 17.0 Å². The van der Waals surface area contributed by atoms with Crippen molar-refractivity contribution in [2.45, 2.75) is 49.6 Å². The summed E-state index contributed by atoms with van der Waals surface area (Å²) in [6, 6.07) is 6.79. The third kappa shape index (κ3) is 6.62. The summed E-state index contributed by atoms with van der Waals surface area (Å²) in [6.45, 7) is 1.41. The van der Waals surface area contributed by atoms with Gasteiger partial charge in [0.1, 0.15) is 17.0 Å². The number of fused-ring (bicyclic) bond motifs is 2. The first kappa shape index (κ1) is 34.5. The Morgan fingerprint density at radius 1 is 1.08 bits per heavy atom. The number of aromatic carboxylic acids is 1. The van der Waals surface area contributed by atoms with Crippen LogP contribution in [-0.4, -0.2) is 83.5 Å². The Labute approximate surface area is 279 Å². The zero-order valence-electron chi connectivity index (χ0n) is 25.6. The molecule has 1 aliphatic carbocycles. The molecule has 3 aromatic rings. The molecule has 3 fully saturated rings. The topological polar surface area (TPSA) is 199 Å². The number of benzene rings is 2. The maximum atomic E-state index is 16.0. The fraction of sp³-hybridized carbons (Fsp3) is 0.433. The number of methoxy groups -OCH3 is 1. The van der Waals surface area contributed by atoms with Gasteiger partial charge in [0.05, 0.1) is 24.1 Å². The molecule has 3 heterocycles. The highest BCUT2D eigenvalue weighted by Crippen LogP contribution is 2.61. The molecule has 0 bridgehead atoms. The van der Waals surface area contributed by atoms with Crippen molar-refractivity contribution in [3.63, 3.8) is 0 Å². The third-order valence-corrected chi connectivity index (χ3v) is 13.3. The molecule has 3 aliphatic rings. The first-order valence-corrected chi connectivity index (χ1v) is 19.0. The number of thiocarbonyl (C=S) groups is 1. The molecule has 0 spiro atoms. The normalized spacial score (nSPS) is 19.9. The van der Waals surface area contributed by atoms with E-state index >= 15 is 4.39 Å². The van der Waals surface area contributed by atoms with Crippen molar-refractivity contribution in [2.24, 2.45) is 5.92 Å². The largest absolute Gasteiger partial charge is 0.492 e. The first-order valence-electron chi connectivity index (χ1n) is 15.2. The lowest BCUT2D eigenvalue weighted by Crippen LogP contribution is -2.49. The lowest BCUT2D eigenvalue weighted by Gasteiger charge is -2.37. The first-order chi connectivity index (χ1) is 22.6. The summed E-state index contributed by atoms with van der Waals surface area (Å²) in [6.07, 6.45) is 3.99. The molecular formula is C30H34FN3O11P2S. The van der Waals surface area contributed by atoms with Gasteiger partial charge in [-0.2, -0.15) is 0 Å². The van der Waals surface area contributed by atoms with Crippen molar-refractivity contribution in [2.75, 3.05) is 31.6 Å².